The fraction of sp³-hybridized carbons (Fsp3) is 0. The van der Waals surface area contributed by atoms with E-state index >= 15 is 0 Å². The molecule has 0 bridgehead atoms. The van der Waals surface area contributed by atoms with E-state index in [1.807, 2.05) is 6.07 Å². The zero-order valence-corrected chi connectivity index (χ0v) is 13.1. The van der Waals surface area contributed by atoms with Crippen molar-refractivity contribution in [3.8, 4) is 0 Å². The van der Waals surface area contributed by atoms with Crippen LogP contribution in [0.25, 0.3) is 11.0 Å². The molecule has 3 aromatic rings. The quantitative estimate of drug-likeness (QED) is 0.655. The van der Waals surface area contributed by atoms with Crippen LogP contribution in [0.4, 0.5) is 0 Å². The number of halogens is 3. The molecule has 0 saturated heterocycles. The molecule has 0 aliphatic carbocycles. The fourth-order valence-corrected chi connectivity index (χ4v) is 2.71. The zero-order valence-electron chi connectivity index (χ0n) is 9.95. The molecule has 3 nitrogen and oxygen atoms in total. The van der Waals surface area contributed by atoms with Crippen molar-refractivity contribution in [3.05, 3.63) is 62.3 Å². The molecule has 0 aliphatic rings. The second-order valence-electron chi connectivity index (χ2n) is 4.18. The highest BCUT2D eigenvalue weighted by Gasteiger charge is 2.18. The number of ketones is 1. The first-order chi connectivity index (χ1) is 9.58. The van der Waals surface area contributed by atoms with Gasteiger partial charge in [-0.25, -0.2) is 4.98 Å². The maximum absolute atomic E-state index is 12.6. The highest BCUT2D eigenvalue weighted by Crippen LogP contribution is 2.29. The third-order valence-electron chi connectivity index (χ3n) is 2.94. The molecule has 0 fully saturated rings. The van der Waals surface area contributed by atoms with Crippen LogP contribution in [0.2, 0.25) is 10.0 Å². The lowest BCUT2D eigenvalue weighted by molar-refractivity contribution is 0.104. The van der Waals surface area contributed by atoms with E-state index in [2.05, 4.69) is 25.9 Å². The molecule has 0 atom stereocenters. The first-order valence-electron chi connectivity index (χ1n) is 5.69. The molecule has 100 valence electrons. The van der Waals surface area contributed by atoms with Gasteiger partial charge in [-0.15, -0.1) is 0 Å². The summed E-state index contributed by atoms with van der Waals surface area (Å²) in [5, 5.41) is 1.36. The Morgan fingerprint density at radius 2 is 2.05 bits per heavy atom. The number of hydrogen-bond acceptors (Lipinski definition) is 2. The summed E-state index contributed by atoms with van der Waals surface area (Å²) in [7, 11) is 0. The lowest BCUT2D eigenvalue weighted by atomic mass is 10.0. The molecular weight excluding hydrogens is 363 g/mol. The summed E-state index contributed by atoms with van der Waals surface area (Å²) in [5.41, 5.74) is 1.53. The second kappa shape index (κ2) is 5.20. The Balaban J connectivity index is 2.18. The molecular formula is C14H7BrCl2N2O. The van der Waals surface area contributed by atoms with Crippen molar-refractivity contribution in [2.45, 2.75) is 0 Å². The van der Waals surface area contributed by atoms with Crippen LogP contribution < -0.4 is 0 Å². The van der Waals surface area contributed by atoms with Gasteiger partial charge in [-0.1, -0.05) is 29.3 Å². The third-order valence-corrected chi connectivity index (χ3v) is 4.19. The number of H-pyrrole nitrogens is 1. The Kier molecular flexibility index (Phi) is 3.54. The van der Waals surface area contributed by atoms with Crippen molar-refractivity contribution in [1.82, 2.24) is 9.97 Å². The molecule has 20 heavy (non-hydrogen) atoms. The lowest BCUT2D eigenvalue weighted by Gasteiger charge is -2.04. The predicted molar refractivity (Wildman–Crippen MR) is 83.7 cm³/mol. The van der Waals surface area contributed by atoms with Crippen molar-refractivity contribution in [3.63, 3.8) is 0 Å². The van der Waals surface area contributed by atoms with Crippen molar-refractivity contribution in [1.29, 1.82) is 0 Å². The van der Waals surface area contributed by atoms with Gasteiger partial charge in [-0.3, -0.25) is 4.79 Å². The van der Waals surface area contributed by atoms with Gasteiger partial charge in [-0.2, -0.15) is 0 Å². The summed E-state index contributed by atoms with van der Waals surface area (Å²) in [6.45, 7) is 0. The molecule has 3 rings (SSSR count). The molecule has 6 heteroatoms. The summed E-state index contributed by atoms with van der Waals surface area (Å²) in [6, 6.07) is 6.84. The van der Waals surface area contributed by atoms with E-state index in [9.17, 15) is 4.79 Å². The molecule has 2 heterocycles. The monoisotopic (exact) mass is 368 g/mol. The minimum Gasteiger partial charge on any atom is -0.345 e. The van der Waals surface area contributed by atoms with Crippen LogP contribution in [0, 0.1) is 0 Å². The second-order valence-corrected chi connectivity index (χ2v) is 5.88. The summed E-state index contributed by atoms with van der Waals surface area (Å²) in [6.07, 6.45) is 3.29. The Bertz CT molecular complexity index is 829. The van der Waals surface area contributed by atoms with Gasteiger partial charge in [0.25, 0.3) is 0 Å². The fourth-order valence-electron chi connectivity index (χ4n) is 1.99. The summed E-state index contributed by atoms with van der Waals surface area (Å²) in [4.78, 5) is 19.8. The van der Waals surface area contributed by atoms with Crippen molar-refractivity contribution in [2.24, 2.45) is 0 Å². The van der Waals surface area contributed by atoms with Gasteiger partial charge in [-0.05, 0) is 34.1 Å². The maximum atomic E-state index is 12.6. The number of aromatic nitrogens is 2. The molecule has 0 amide bonds. The number of carbonyl (C=O) groups is 1. The number of benzene rings is 1. The third kappa shape index (κ3) is 2.24. The molecule has 0 unspecified atom stereocenters. The number of nitrogens with zero attached hydrogens (tertiary/aromatic N) is 1. The SMILES string of the molecule is O=C(c1cccc(Cl)c1Cl)c1c[nH]c2ncc(Br)cc12. The summed E-state index contributed by atoms with van der Waals surface area (Å²) >= 11 is 15.4. The van der Waals surface area contributed by atoms with Gasteiger partial charge in [0.2, 0.25) is 0 Å². The van der Waals surface area contributed by atoms with E-state index in [-0.39, 0.29) is 10.8 Å². The topological polar surface area (TPSA) is 45.8 Å². The average Bonchev–Trinajstić information content (AvgIpc) is 2.84. The lowest BCUT2D eigenvalue weighted by Crippen LogP contribution is -2.01. The first kappa shape index (κ1) is 13.6. The van der Waals surface area contributed by atoms with Crippen LogP contribution in [0.15, 0.2) is 41.1 Å². The van der Waals surface area contributed by atoms with E-state index in [0.717, 1.165) is 9.86 Å². The van der Waals surface area contributed by atoms with Crippen LogP contribution in [-0.4, -0.2) is 15.8 Å². The minimum absolute atomic E-state index is 0.191. The Labute approximate surface area is 133 Å². The standard InChI is InChI=1S/C14H7BrCl2N2O/c15-7-4-9-10(6-19-14(9)18-5-7)13(20)8-2-1-3-11(16)12(8)17/h1-6H,(H,18,19). The van der Waals surface area contributed by atoms with Crippen molar-refractivity contribution in [2.75, 3.05) is 0 Å². The zero-order chi connectivity index (χ0) is 14.3. The number of pyridine rings is 1. The molecule has 1 N–H and O–H groups in total. The average molecular weight is 370 g/mol. The highest BCUT2D eigenvalue weighted by molar-refractivity contribution is 9.10. The number of hydrogen-bond donors (Lipinski definition) is 1. The number of fused-ring (bicyclic) bond motifs is 1. The summed E-state index contributed by atoms with van der Waals surface area (Å²) < 4.78 is 0.802. The normalized spacial score (nSPS) is 10.9. The van der Waals surface area contributed by atoms with Crippen LogP contribution in [-0.2, 0) is 0 Å². The molecule has 2 aromatic heterocycles. The molecule has 1 aromatic carbocycles. The van der Waals surface area contributed by atoms with Crippen molar-refractivity contribution < 1.29 is 4.79 Å². The number of carbonyl (C=O) groups excluding carboxylic acids is 1. The predicted octanol–water partition coefficient (Wildman–Crippen LogP) is 4.86. The van der Waals surface area contributed by atoms with Crippen LogP contribution >= 0.6 is 39.1 Å². The molecule has 0 saturated carbocycles. The van der Waals surface area contributed by atoms with Crippen molar-refractivity contribution >= 4 is 55.9 Å². The maximum Gasteiger partial charge on any atom is 0.196 e. The number of rotatable bonds is 2. The highest BCUT2D eigenvalue weighted by atomic mass is 79.9. The van der Waals surface area contributed by atoms with E-state index < -0.39 is 0 Å². The van der Waals surface area contributed by atoms with Gasteiger partial charge in [0.15, 0.2) is 5.78 Å². The minimum atomic E-state index is -0.191. The van der Waals surface area contributed by atoms with Crippen LogP contribution in [0.5, 0.6) is 0 Å². The van der Waals surface area contributed by atoms with E-state index in [1.54, 1.807) is 30.6 Å². The Hall–Kier alpha value is -1.36. The van der Waals surface area contributed by atoms with E-state index in [1.165, 1.54) is 0 Å². The van der Waals surface area contributed by atoms with Gasteiger partial charge in [0.1, 0.15) is 5.65 Å². The molecule has 0 radical (unpaired) electrons. The number of nitrogens with one attached hydrogen (secondary N) is 1. The molecule has 0 spiro atoms. The van der Waals surface area contributed by atoms with E-state index in [0.29, 0.717) is 21.8 Å². The van der Waals surface area contributed by atoms with Gasteiger partial charge in [0, 0.05) is 33.4 Å². The van der Waals surface area contributed by atoms with Crippen LogP contribution in [0.1, 0.15) is 15.9 Å². The van der Waals surface area contributed by atoms with Gasteiger partial charge >= 0.3 is 0 Å². The Morgan fingerprint density at radius 3 is 2.85 bits per heavy atom. The summed E-state index contributed by atoms with van der Waals surface area (Å²) in [5.74, 6) is -0.191. The van der Waals surface area contributed by atoms with Crippen LogP contribution in [0.3, 0.4) is 0 Å². The Morgan fingerprint density at radius 1 is 1.25 bits per heavy atom. The van der Waals surface area contributed by atoms with E-state index in [4.69, 9.17) is 23.2 Å². The van der Waals surface area contributed by atoms with Gasteiger partial charge in [0.05, 0.1) is 10.0 Å². The first-order valence-corrected chi connectivity index (χ1v) is 7.24. The van der Waals surface area contributed by atoms with Gasteiger partial charge < -0.3 is 4.98 Å². The largest absolute Gasteiger partial charge is 0.345 e. The molecule has 0 aliphatic heterocycles. The number of aromatic amines is 1. The smallest absolute Gasteiger partial charge is 0.196 e.